The van der Waals surface area contributed by atoms with Crippen LogP contribution in [0.5, 0.6) is 0 Å². The van der Waals surface area contributed by atoms with Crippen LogP contribution in [0.3, 0.4) is 0 Å². The van der Waals surface area contributed by atoms with Crippen molar-refractivity contribution in [2.45, 2.75) is 26.7 Å². The molecule has 136 valence electrons. The number of carbonyl (C=O) groups is 2. The number of nitrogens with one attached hydrogen (secondary N) is 1. The van der Waals surface area contributed by atoms with Gasteiger partial charge in [-0.1, -0.05) is 18.2 Å². The molecule has 0 spiro atoms. The van der Waals surface area contributed by atoms with Gasteiger partial charge in [0.05, 0.1) is 0 Å². The zero-order valence-corrected chi connectivity index (χ0v) is 15.1. The third-order valence-corrected chi connectivity index (χ3v) is 4.88. The van der Waals surface area contributed by atoms with E-state index in [-0.39, 0.29) is 17.7 Å². The lowest BCUT2D eigenvalue weighted by Crippen LogP contribution is -2.41. The molecule has 4 nitrogen and oxygen atoms in total. The number of hydrogen-bond donors (Lipinski definition) is 1. The van der Waals surface area contributed by atoms with Crippen LogP contribution >= 0.6 is 0 Å². The number of rotatable bonds is 3. The monoisotopic (exact) mass is 354 g/mol. The zero-order valence-electron chi connectivity index (χ0n) is 15.1. The van der Waals surface area contributed by atoms with Gasteiger partial charge in [-0.15, -0.1) is 0 Å². The molecule has 1 heterocycles. The highest BCUT2D eigenvalue weighted by atomic mass is 19.1. The molecular formula is C21H23FN2O2. The molecular weight excluding hydrogens is 331 g/mol. The third kappa shape index (κ3) is 4.10. The topological polar surface area (TPSA) is 49.4 Å². The first kappa shape index (κ1) is 18.1. The standard InChI is InChI=1S/C21H23FN2O2/c1-14-6-7-15(2)19(12-14)23-20(25)16-8-10-24(11-9-16)21(26)17-4-3-5-18(22)13-17/h3-7,12-13,16H,8-11H2,1-2H3,(H,23,25). The Morgan fingerprint density at radius 1 is 1.08 bits per heavy atom. The number of nitrogens with zero attached hydrogens (tertiary/aromatic N) is 1. The van der Waals surface area contributed by atoms with Gasteiger partial charge >= 0.3 is 0 Å². The van der Waals surface area contributed by atoms with Crippen molar-refractivity contribution in [2.24, 2.45) is 5.92 Å². The number of anilines is 1. The maximum absolute atomic E-state index is 13.3. The van der Waals surface area contributed by atoms with Gasteiger partial charge < -0.3 is 10.2 Å². The number of aryl methyl sites for hydroxylation is 2. The van der Waals surface area contributed by atoms with Crippen molar-refractivity contribution >= 4 is 17.5 Å². The predicted octanol–water partition coefficient (Wildman–Crippen LogP) is 3.93. The van der Waals surface area contributed by atoms with Crippen LogP contribution < -0.4 is 5.32 Å². The quantitative estimate of drug-likeness (QED) is 0.908. The minimum Gasteiger partial charge on any atom is -0.339 e. The minimum absolute atomic E-state index is 0.00319. The molecule has 0 atom stereocenters. The SMILES string of the molecule is Cc1ccc(C)c(NC(=O)C2CCN(C(=O)c3cccc(F)c3)CC2)c1. The van der Waals surface area contributed by atoms with E-state index in [1.54, 1.807) is 11.0 Å². The molecule has 2 aromatic carbocycles. The van der Waals surface area contributed by atoms with Crippen LogP contribution in [0.1, 0.15) is 34.3 Å². The molecule has 1 saturated heterocycles. The molecule has 0 unspecified atom stereocenters. The molecule has 1 fully saturated rings. The molecule has 2 amide bonds. The maximum atomic E-state index is 13.3. The van der Waals surface area contributed by atoms with E-state index in [1.807, 2.05) is 32.0 Å². The highest BCUT2D eigenvalue weighted by Crippen LogP contribution is 2.23. The summed E-state index contributed by atoms with van der Waals surface area (Å²) in [7, 11) is 0. The number of hydrogen-bond acceptors (Lipinski definition) is 2. The number of benzene rings is 2. The van der Waals surface area contributed by atoms with E-state index >= 15 is 0 Å². The lowest BCUT2D eigenvalue weighted by atomic mass is 9.95. The van der Waals surface area contributed by atoms with Crippen LogP contribution in [0.2, 0.25) is 0 Å². The first-order chi connectivity index (χ1) is 12.4. The van der Waals surface area contributed by atoms with Gasteiger partial charge in [-0.05, 0) is 62.1 Å². The van der Waals surface area contributed by atoms with Crippen molar-refractivity contribution < 1.29 is 14.0 Å². The summed E-state index contributed by atoms with van der Waals surface area (Å²) >= 11 is 0. The van der Waals surface area contributed by atoms with E-state index in [4.69, 9.17) is 0 Å². The molecule has 3 rings (SSSR count). The number of halogens is 1. The van der Waals surface area contributed by atoms with Gasteiger partial charge in [0.15, 0.2) is 0 Å². The van der Waals surface area contributed by atoms with E-state index in [9.17, 15) is 14.0 Å². The second-order valence-corrected chi connectivity index (χ2v) is 6.88. The van der Waals surface area contributed by atoms with E-state index in [1.165, 1.54) is 18.2 Å². The van der Waals surface area contributed by atoms with Crippen molar-refractivity contribution in [3.63, 3.8) is 0 Å². The first-order valence-electron chi connectivity index (χ1n) is 8.87. The van der Waals surface area contributed by atoms with E-state index in [2.05, 4.69) is 5.32 Å². The molecule has 2 aromatic rings. The van der Waals surface area contributed by atoms with Crippen LogP contribution in [-0.4, -0.2) is 29.8 Å². The zero-order chi connectivity index (χ0) is 18.7. The van der Waals surface area contributed by atoms with Gasteiger partial charge in [0.2, 0.25) is 5.91 Å². The summed E-state index contributed by atoms with van der Waals surface area (Å²) in [6, 6.07) is 11.7. The summed E-state index contributed by atoms with van der Waals surface area (Å²) in [5.41, 5.74) is 3.32. The normalized spacial score (nSPS) is 15.0. The highest BCUT2D eigenvalue weighted by Gasteiger charge is 2.28. The predicted molar refractivity (Wildman–Crippen MR) is 99.6 cm³/mol. The summed E-state index contributed by atoms with van der Waals surface area (Å²) < 4.78 is 13.3. The summed E-state index contributed by atoms with van der Waals surface area (Å²) in [5.74, 6) is -0.723. The Balaban J connectivity index is 1.58. The van der Waals surface area contributed by atoms with Crippen molar-refractivity contribution in [1.82, 2.24) is 4.90 Å². The van der Waals surface area contributed by atoms with Crippen molar-refractivity contribution in [1.29, 1.82) is 0 Å². The van der Waals surface area contributed by atoms with Crippen molar-refractivity contribution in [3.05, 3.63) is 65.0 Å². The van der Waals surface area contributed by atoms with E-state index < -0.39 is 5.82 Å². The van der Waals surface area contributed by atoms with E-state index in [0.717, 1.165) is 16.8 Å². The summed E-state index contributed by atoms with van der Waals surface area (Å²) in [6.45, 7) is 4.96. The van der Waals surface area contributed by atoms with Crippen molar-refractivity contribution in [2.75, 3.05) is 18.4 Å². The summed E-state index contributed by atoms with van der Waals surface area (Å²) in [6.07, 6.45) is 1.22. The van der Waals surface area contributed by atoms with Gasteiger partial charge in [-0.3, -0.25) is 9.59 Å². The maximum Gasteiger partial charge on any atom is 0.253 e. The van der Waals surface area contributed by atoms with Crippen LogP contribution in [-0.2, 0) is 4.79 Å². The van der Waals surface area contributed by atoms with Crippen molar-refractivity contribution in [3.8, 4) is 0 Å². The van der Waals surface area contributed by atoms with E-state index in [0.29, 0.717) is 31.5 Å². The Morgan fingerprint density at radius 3 is 2.50 bits per heavy atom. The van der Waals surface area contributed by atoms with Crippen LogP contribution in [0, 0.1) is 25.6 Å². The molecule has 0 aliphatic carbocycles. The van der Waals surface area contributed by atoms with Gasteiger partial charge in [-0.25, -0.2) is 4.39 Å². The molecule has 26 heavy (non-hydrogen) atoms. The molecule has 0 bridgehead atoms. The van der Waals surface area contributed by atoms with Gasteiger partial charge in [0, 0.05) is 30.3 Å². The number of piperidine rings is 1. The molecule has 1 aliphatic rings. The number of carbonyl (C=O) groups excluding carboxylic acids is 2. The Bertz CT molecular complexity index is 827. The molecule has 0 radical (unpaired) electrons. The van der Waals surface area contributed by atoms with Gasteiger partial charge in [0.25, 0.3) is 5.91 Å². The minimum atomic E-state index is -0.418. The van der Waals surface area contributed by atoms with Gasteiger partial charge in [-0.2, -0.15) is 0 Å². The van der Waals surface area contributed by atoms with Crippen LogP contribution in [0.4, 0.5) is 10.1 Å². The second-order valence-electron chi connectivity index (χ2n) is 6.88. The Hall–Kier alpha value is -2.69. The van der Waals surface area contributed by atoms with Gasteiger partial charge in [0.1, 0.15) is 5.82 Å². The summed E-state index contributed by atoms with van der Waals surface area (Å²) in [4.78, 5) is 26.7. The smallest absolute Gasteiger partial charge is 0.253 e. The first-order valence-corrected chi connectivity index (χ1v) is 8.87. The Labute approximate surface area is 153 Å². The molecule has 1 N–H and O–H groups in total. The molecule has 0 saturated carbocycles. The molecule has 0 aromatic heterocycles. The fraction of sp³-hybridized carbons (Fsp3) is 0.333. The third-order valence-electron chi connectivity index (χ3n) is 4.88. The number of amides is 2. The van der Waals surface area contributed by atoms with Crippen LogP contribution in [0.15, 0.2) is 42.5 Å². The Kier molecular flexibility index (Phi) is 5.35. The highest BCUT2D eigenvalue weighted by molar-refractivity contribution is 5.95. The fourth-order valence-electron chi connectivity index (χ4n) is 3.25. The Morgan fingerprint density at radius 2 is 1.81 bits per heavy atom. The second kappa shape index (κ2) is 7.68. The molecule has 1 aliphatic heterocycles. The molecule has 5 heteroatoms. The van der Waals surface area contributed by atoms with Crippen LogP contribution in [0.25, 0.3) is 0 Å². The average molecular weight is 354 g/mol. The fourth-order valence-corrected chi connectivity index (χ4v) is 3.25. The lowest BCUT2D eigenvalue weighted by molar-refractivity contribution is -0.121. The summed E-state index contributed by atoms with van der Waals surface area (Å²) in [5, 5.41) is 3.01. The largest absolute Gasteiger partial charge is 0.339 e. The lowest BCUT2D eigenvalue weighted by Gasteiger charge is -2.31. The number of likely N-dealkylation sites (tertiary alicyclic amines) is 1. The average Bonchev–Trinajstić information content (AvgIpc) is 2.64.